The lowest BCUT2D eigenvalue weighted by Crippen LogP contribution is -2.55. The third-order valence-electron chi connectivity index (χ3n) is 11.2. The van der Waals surface area contributed by atoms with Gasteiger partial charge >= 0.3 is 13.5 Å². The zero-order valence-electron chi connectivity index (χ0n) is 27.8. The van der Waals surface area contributed by atoms with Crippen LogP contribution in [0.3, 0.4) is 0 Å². The van der Waals surface area contributed by atoms with E-state index in [1.54, 1.807) is 0 Å². The van der Waals surface area contributed by atoms with Crippen molar-refractivity contribution in [2.45, 2.75) is 61.4 Å². The molecule has 0 aromatic heterocycles. The van der Waals surface area contributed by atoms with Crippen molar-refractivity contribution in [1.82, 2.24) is 0 Å². The molecule has 0 spiro atoms. The van der Waals surface area contributed by atoms with Crippen molar-refractivity contribution in [3.8, 4) is 0 Å². The first-order chi connectivity index (χ1) is 25.4. The van der Waals surface area contributed by atoms with E-state index in [-0.39, 0.29) is 13.2 Å². The van der Waals surface area contributed by atoms with E-state index in [4.69, 9.17) is 37.4 Å². The van der Waals surface area contributed by atoms with Gasteiger partial charge in [0.05, 0.1) is 37.6 Å². The fraction of sp³-hybridized carbons (Fsp3) is 0.316. The lowest BCUT2D eigenvalue weighted by molar-refractivity contribution is -0.0941. The maximum absolute atomic E-state index is 10.8. The largest absolute Gasteiger partial charge is 0.534 e. The molecule has 4 aromatic rings. The summed E-state index contributed by atoms with van der Waals surface area (Å²) in [7, 11) is 0. The maximum Gasteiger partial charge on any atom is 0.412 e. The van der Waals surface area contributed by atoms with E-state index in [0.29, 0.717) is 10.9 Å². The van der Waals surface area contributed by atoms with Gasteiger partial charge in [-0.1, -0.05) is 109 Å². The molecule has 0 amide bonds. The third-order valence-corrected chi connectivity index (χ3v) is 11.2. The molecule has 12 nitrogen and oxygen atoms in total. The Labute approximate surface area is 299 Å². The Balaban J connectivity index is 1.07. The Kier molecular flexibility index (Phi) is 7.85. The highest BCUT2D eigenvalue weighted by Gasteiger charge is 2.62. The van der Waals surface area contributed by atoms with Crippen molar-refractivity contribution in [1.29, 1.82) is 0 Å². The SMILES string of the molecule is OC[C@H]1O[B-]2(c3ccc(/C(=C(\c4ccccc4)c4ccc([B-]56O[C@H]7O[C@H]([C@@H](O)[C@@H]7O5)[C@@H](CO)O6)cc4)c4ccccc4)cc3)O[C@H]3O[C@@H]1[C@H](O)[C@@H]3O2. The number of ether oxygens (including phenoxy) is 2. The average Bonchev–Trinajstić information content (AvgIpc) is 3.78. The van der Waals surface area contributed by atoms with Gasteiger partial charge in [0.15, 0.2) is 0 Å². The van der Waals surface area contributed by atoms with E-state index < -0.39 is 74.9 Å². The number of fused-ring (bicyclic) bond motifs is 2. The van der Waals surface area contributed by atoms with Crippen LogP contribution >= 0.6 is 0 Å². The average molecular weight is 706 g/mol. The fourth-order valence-corrected chi connectivity index (χ4v) is 8.68. The first-order valence-corrected chi connectivity index (χ1v) is 17.7. The summed E-state index contributed by atoms with van der Waals surface area (Å²) in [5.41, 5.74) is 6.94. The van der Waals surface area contributed by atoms with Crippen LogP contribution < -0.4 is 10.9 Å². The second-order valence-electron chi connectivity index (χ2n) is 14.1. The quantitative estimate of drug-likeness (QED) is 0.151. The van der Waals surface area contributed by atoms with Crippen LogP contribution in [0.4, 0.5) is 0 Å². The topological polar surface area (TPSA) is 155 Å². The first-order valence-electron chi connectivity index (χ1n) is 17.7. The number of hydrogen-bond acceptors (Lipinski definition) is 12. The van der Waals surface area contributed by atoms with Crippen LogP contribution in [0.2, 0.25) is 0 Å². The normalized spacial score (nSPS) is 38.8. The van der Waals surface area contributed by atoms with Gasteiger partial charge in [-0.25, -0.2) is 0 Å². The number of aliphatic hydroxyl groups excluding tert-OH is 4. The summed E-state index contributed by atoms with van der Waals surface area (Å²) >= 11 is 0. The molecule has 8 aliphatic heterocycles. The molecule has 14 heteroatoms. The zero-order chi connectivity index (χ0) is 35.2. The summed E-state index contributed by atoms with van der Waals surface area (Å²) in [6, 6.07) is 35.8. The lowest BCUT2D eigenvalue weighted by atomic mass is 9.68. The molecule has 0 saturated carbocycles. The summed E-state index contributed by atoms with van der Waals surface area (Å²) in [5, 5.41) is 41.7. The molecular formula is C38H36B2O12-2. The van der Waals surface area contributed by atoms with Crippen molar-refractivity contribution in [2.75, 3.05) is 13.2 Å². The number of benzene rings is 4. The molecule has 268 valence electrons. The second-order valence-corrected chi connectivity index (χ2v) is 14.1. The summed E-state index contributed by atoms with van der Waals surface area (Å²) in [6.45, 7) is -5.71. The van der Waals surface area contributed by atoms with E-state index in [2.05, 4.69) is 24.3 Å². The monoisotopic (exact) mass is 706 g/mol. The van der Waals surface area contributed by atoms with Gasteiger partial charge in [-0.3, -0.25) is 0 Å². The van der Waals surface area contributed by atoms with Crippen LogP contribution in [0.5, 0.6) is 0 Å². The minimum Gasteiger partial charge on any atom is -0.534 e. The molecule has 4 aromatic carbocycles. The first kappa shape index (κ1) is 32.9. The van der Waals surface area contributed by atoms with Crippen molar-refractivity contribution < 1.29 is 57.8 Å². The zero-order valence-corrected chi connectivity index (χ0v) is 27.8. The highest BCUT2D eigenvalue weighted by atomic mass is 16.9. The number of aliphatic hydroxyl groups is 4. The molecule has 4 N–H and O–H groups in total. The molecule has 12 atom stereocenters. The Morgan fingerprint density at radius 3 is 1.15 bits per heavy atom. The lowest BCUT2D eigenvalue weighted by Gasteiger charge is -2.37. The fourth-order valence-electron chi connectivity index (χ4n) is 8.68. The van der Waals surface area contributed by atoms with E-state index >= 15 is 0 Å². The molecule has 8 saturated heterocycles. The summed E-state index contributed by atoms with van der Waals surface area (Å²) < 4.78 is 49.1. The van der Waals surface area contributed by atoms with Crippen molar-refractivity contribution in [2.24, 2.45) is 0 Å². The van der Waals surface area contributed by atoms with Crippen LogP contribution in [0, 0.1) is 0 Å². The minimum atomic E-state index is -2.50. The van der Waals surface area contributed by atoms with Crippen LogP contribution in [-0.2, 0) is 37.4 Å². The predicted octanol–water partition coefficient (Wildman–Crippen LogP) is 0.770. The van der Waals surface area contributed by atoms with Crippen molar-refractivity contribution >= 4 is 35.6 Å². The molecule has 8 aliphatic rings. The molecule has 0 radical (unpaired) electrons. The Morgan fingerprint density at radius 2 is 0.808 bits per heavy atom. The molecule has 8 fully saturated rings. The van der Waals surface area contributed by atoms with Crippen LogP contribution in [-0.4, -0.2) is 109 Å². The smallest absolute Gasteiger partial charge is 0.412 e. The number of rotatable bonds is 8. The van der Waals surface area contributed by atoms with E-state index in [1.807, 2.05) is 84.9 Å². The Hall–Kier alpha value is -3.73. The van der Waals surface area contributed by atoms with E-state index in [1.165, 1.54) is 0 Å². The molecule has 52 heavy (non-hydrogen) atoms. The second kappa shape index (κ2) is 12.4. The van der Waals surface area contributed by atoms with Gasteiger partial charge in [0.25, 0.3) is 0 Å². The van der Waals surface area contributed by atoms with Crippen LogP contribution in [0.15, 0.2) is 109 Å². The van der Waals surface area contributed by atoms with E-state index in [0.717, 1.165) is 33.4 Å². The molecule has 12 rings (SSSR count). The molecular weight excluding hydrogens is 670 g/mol. The third kappa shape index (κ3) is 4.96. The van der Waals surface area contributed by atoms with Crippen LogP contribution in [0.1, 0.15) is 22.3 Å². The van der Waals surface area contributed by atoms with Crippen molar-refractivity contribution in [3.05, 3.63) is 131 Å². The molecule has 0 aliphatic carbocycles. The minimum absolute atomic E-state index is 0.359. The maximum atomic E-state index is 10.8. The standard InChI is InChI=1S/C38H36B2O12/c41-19-27-33-31(43)35-37(45-33)51-39(47-27,49-35)25-15-11-23(12-16-25)29(21-7-3-1-4-8-21)30(22-9-5-2-6-10-22)24-13-17-26(18-14-24)40-48-28(20-42)34-32(44)36(50-40)38(46-34)52-40/h1-18,27-28,31-38,41-44H,19-20H2/q-2/b30-29+/t27-,28-,31-,32+,33+,34+,35+,36+,37-,38-,39?,40?/m1/s1. The molecule has 2 unspecified atom stereocenters. The van der Waals surface area contributed by atoms with Crippen molar-refractivity contribution in [3.63, 3.8) is 0 Å². The predicted molar refractivity (Wildman–Crippen MR) is 187 cm³/mol. The van der Waals surface area contributed by atoms with Gasteiger partial charge < -0.3 is 57.8 Å². The number of hydrogen-bond donors (Lipinski definition) is 4. The molecule has 8 heterocycles. The summed E-state index contributed by atoms with van der Waals surface area (Å²) in [5.74, 6) is 0. The summed E-state index contributed by atoms with van der Waals surface area (Å²) in [4.78, 5) is 0. The highest BCUT2D eigenvalue weighted by molar-refractivity contribution is 6.76. The highest BCUT2D eigenvalue weighted by Crippen LogP contribution is 2.44. The van der Waals surface area contributed by atoms with Gasteiger partial charge in [0, 0.05) is 0 Å². The van der Waals surface area contributed by atoms with E-state index in [9.17, 15) is 20.4 Å². The van der Waals surface area contributed by atoms with Gasteiger partial charge in [-0.2, -0.15) is 0 Å². The van der Waals surface area contributed by atoms with Gasteiger partial charge in [0.2, 0.25) is 0 Å². The molecule has 8 bridgehead atoms. The Morgan fingerprint density at radius 1 is 0.442 bits per heavy atom. The van der Waals surface area contributed by atoms with Gasteiger partial charge in [0.1, 0.15) is 37.0 Å². The van der Waals surface area contributed by atoms with Gasteiger partial charge in [-0.05, 0) is 33.4 Å². The summed E-state index contributed by atoms with van der Waals surface area (Å²) in [6.07, 6.45) is -8.11. The Bertz CT molecular complexity index is 1840. The van der Waals surface area contributed by atoms with Crippen LogP contribution in [0.25, 0.3) is 11.1 Å². The van der Waals surface area contributed by atoms with Gasteiger partial charge in [-0.15, -0.1) is 10.9 Å².